The van der Waals surface area contributed by atoms with Crippen LogP contribution in [0, 0.1) is 0 Å². The number of halogens is 1. The van der Waals surface area contributed by atoms with Crippen molar-refractivity contribution in [3.05, 3.63) is 89.7 Å². The predicted octanol–water partition coefficient (Wildman–Crippen LogP) is 6.13. The lowest BCUT2D eigenvalue weighted by Crippen LogP contribution is -2.46. The molecule has 1 N–H and O–H groups in total. The van der Waals surface area contributed by atoms with Crippen LogP contribution >= 0.6 is 19.2 Å². The molecule has 2 unspecified atom stereocenters. The molecule has 2 aromatic carbocycles. The first-order valence-electron chi connectivity index (χ1n) is 10.5. The summed E-state index contributed by atoms with van der Waals surface area (Å²) in [6.45, 7) is 0. The minimum absolute atomic E-state index is 0.213. The quantitative estimate of drug-likeness (QED) is 0.420. The van der Waals surface area contributed by atoms with E-state index in [9.17, 15) is 9.36 Å². The van der Waals surface area contributed by atoms with E-state index in [-0.39, 0.29) is 11.6 Å². The molecule has 1 heterocycles. The van der Waals surface area contributed by atoms with Gasteiger partial charge < -0.3 is 14.4 Å². The van der Waals surface area contributed by atoms with E-state index in [0.717, 1.165) is 12.8 Å². The van der Waals surface area contributed by atoms with Gasteiger partial charge in [-0.05, 0) is 49.2 Å². The molecule has 0 aliphatic heterocycles. The van der Waals surface area contributed by atoms with Crippen LogP contribution < -0.4 is 14.4 Å². The van der Waals surface area contributed by atoms with Crippen LogP contribution in [0.5, 0.6) is 11.5 Å². The van der Waals surface area contributed by atoms with Gasteiger partial charge in [0.2, 0.25) is 0 Å². The molecule has 2 atom stereocenters. The zero-order chi connectivity index (χ0) is 22.4. The molecule has 6 nitrogen and oxygen atoms in total. The number of hydrogen-bond donors (Lipinski definition) is 1. The van der Waals surface area contributed by atoms with Gasteiger partial charge in [-0.2, -0.15) is 0 Å². The Morgan fingerprint density at radius 1 is 0.938 bits per heavy atom. The lowest BCUT2D eigenvalue weighted by atomic mass is 9.94. The molecule has 1 aromatic heterocycles. The number of carbonyl (C=O) groups excluding carboxylic acids is 1. The van der Waals surface area contributed by atoms with Crippen molar-refractivity contribution in [3.8, 4) is 11.5 Å². The Bertz CT molecular complexity index is 1050. The third kappa shape index (κ3) is 5.50. The van der Waals surface area contributed by atoms with Gasteiger partial charge in [-0.15, -0.1) is 0 Å². The number of amides is 1. The Balaban J connectivity index is 1.62. The van der Waals surface area contributed by atoms with Gasteiger partial charge in [0.1, 0.15) is 22.9 Å². The first-order chi connectivity index (χ1) is 15.5. The lowest BCUT2D eigenvalue weighted by molar-refractivity contribution is 0.0922. The summed E-state index contributed by atoms with van der Waals surface area (Å²) < 4.78 is 26.3. The number of nitrogens with one attached hydrogen (secondary N) is 1. The van der Waals surface area contributed by atoms with Crippen molar-refractivity contribution in [2.75, 3.05) is 0 Å². The highest BCUT2D eigenvalue weighted by Gasteiger charge is 2.46. The molecule has 1 aliphatic rings. The topological polar surface area (TPSA) is 77.5 Å². The normalized spacial score (nSPS) is 18.5. The highest BCUT2D eigenvalue weighted by molar-refractivity contribution is 7.55. The van der Waals surface area contributed by atoms with E-state index in [1.807, 2.05) is 36.4 Å². The molecule has 1 aliphatic carbocycles. The van der Waals surface area contributed by atoms with Crippen LogP contribution in [0.2, 0.25) is 5.02 Å². The number of aromatic nitrogens is 1. The van der Waals surface area contributed by atoms with Gasteiger partial charge in [-0.25, -0.2) is 4.57 Å². The maximum Gasteiger partial charge on any atom is 0.435 e. The summed E-state index contributed by atoms with van der Waals surface area (Å²) in [4.78, 5) is 17.0. The van der Waals surface area contributed by atoms with Gasteiger partial charge in [0.05, 0.1) is 0 Å². The second kappa shape index (κ2) is 10.2. The van der Waals surface area contributed by atoms with Crippen molar-refractivity contribution in [1.29, 1.82) is 0 Å². The van der Waals surface area contributed by atoms with Crippen molar-refractivity contribution in [2.24, 2.45) is 0 Å². The number of para-hydroxylation sites is 2. The molecule has 4 rings (SSSR count). The van der Waals surface area contributed by atoms with E-state index < -0.39 is 19.3 Å². The van der Waals surface area contributed by atoms with Crippen molar-refractivity contribution in [3.63, 3.8) is 0 Å². The molecule has 3 aromatic rings. The van der Waals surface area contributed by atoms with Crippen molar-refractivity contribution < 1.29 is 18.4 Å². The predicted molar refractivity (Wildman–Crippen MR) is 125 cm³/mol. The maximum atomic E-state index is 14.3. The Kier molecular flexibility index (Phi) is 7.13. The van der Waals surface area contributed by atoms with Crippen LogP contribution in [0.25, 0.3) is 0 Å². The molecule has 0 saturated heterocycles. The van der Waals surface area contributed by atoms with Crippen LogP contribution in [0.3, 0.4) is 0 Å². The molecular weight excluding hydrogens is 447 g/mol. The summed E-state index contributed by atoms with van der Waals surface area (Å²) in [5.41, 5.74) is -0.301. The van der Waals surface area contributed by atoms with Crippen molar-refractivity contribution in [2.45, 2.75) is 37.4 Å². The second-order valence-corrected chi connectivity index (χ2v) is 10.2. The standard InChI is InChI=1S/C24H24ClN2O4P/c25-18-15-16-26-22(17-18)24(28)27-21-13-7-8-14-23(21)32(29,30-19-9-3-1-4-10-19)31-20-11-5-2-6-12-20/h1-6,9-12,15-17,21,23H,7-8,13-14H2,(H,27,28). The van der Waals surface area contributed by atoms with Crippen LogP contribution in [0.15, 0.2) is 79.0 Å². The number of hydrogen-bond acceptors (Lipinski definition) is 5. The number of rotatable bonds is 7. The zero-order valence-electron chi connectivity index (χ0n) is 17.4. The monoisotopic (exact) mass is 470 g/mol. The van der Waals surface area contributed by atoms with E-state index >= 15 is 0 Å². The van der Waals surface area contributed by atoms with E-state index in [1.54, 1.807) is 30.3 Å². The summed E-state index contributed by atoms with van der Waals surface area (Å²) in [5, 5.41) is 3.42. The molecular formula is C24H24ClN2O4P. The fourth-order valence-corrected chi connectivity index (χ4v) is 6.30. The molecule has 32 heavy (non-hydrogen) atoms. The second-order valence-electron chi connectivity index (χ2n) is 7.64. The number of benzene rings is 2. The van der Waals surface area contributed by atoms with Crippen molar-refractivity contribution >= 4 is 25.1 Å². The lowest BCUT2D eigenvalue weighted by Gasteiger charge is -2.36. The van der Waals surface area contributed by atoms with Crippen LogP contribution in [0.4, 0.5) is 0 Å². The Morgan fingerprint density at radius 3 is 2.12 bits per heavy atom. The SMILES string of the molecule is O=C(NC1CCCCC1P(=O)(Oc1ccccc1)Oc1ccccc1)c1cc(Cl)ccn1. The molecule has 0 spiro atoms. The molecule has 1 fully saturated rings. The molecule has 1 amide bonds. The van der Waals surface area contributed by atoms with Crippen LogP contribution in [-0.4, -0.2) is 22.6 Å². The fraction of sp³-hybridized carbons (Fsp3) is 0.250. The molecule has 0 bridgehead atoms. The van der Waals surface area contributed by atoms with E-state index in [4.69, 9.17) is 20.6 Å². The Hall–Kier alpha value is -2.82. The fourth-order valence-electron chi connectivity index (χ4n) is 3.84. The molecule has 0 radical (unpaired) electrons. The van der Waals surface area contributed by atoms with Crippen molar-refractivity contribution in [1.82, 2.24) is 10.3 Å². The first-order valence-corrected chi connectivity index (χ1v) is 12.5. The minimum atomic E-state index is -3.71. The highest BCUT2D eigenvalue weighted by Crippen LogP contribution is 2.57. The summed E-state index contributed by atoms with van der Waals surface area (Å²) >= 11 is 6.01. The number of carbonyl (C=O) groups is 1. The third-order valence-corrected chi connectivity index (χ3v) is 7.95. The summed E-state index contributed by atoms with van der Waals surface area (Å²) in [6, 6.07) is 20.7. The maximum absolute atomic E-state index is 14.3. The Labute approximate surface area is 192 Å². The van der Waals surface area contributed by atoms with Gasteiger partial charge in [0.15, 0.2) is 0 Å². The number of nitrogens with zero attached hydrogens (tertiary/aromatic N) is 1. The average Bonchev–Trinajstić information content (AvgIpc) is 2.80. The van der Waals surface area contributed by atoms with E-state index in [0.29, 0.717) is 29.4 Å². The zero-order valence-corrected chi connectivity index (χ0v) is 19.0. The highest BCUT2D eigenvalue weighted by atomic mass is 35.5. The largest absolute Gasteiger partial charge is 0.435 e. The van der Waals surface area contributed by atoms with Crippen LogP contribution in [0.1, 0.15) is 36.2 Å². The summed E-state index contributed by atoms with van der Waals surface area (Å²) in [5.74, 6) is 0.549. The van der Waals surface area contributed by atoms with Gasteiger partial charge in [-0.3, -0.25) is 9.78 Å². The smallest absolute Gasteiger partial charge is 0.416 e. The van der Waals surface area contributed by atoms with E-state index in [1.165, 1.54) is 12.3 Å². The van der Waals surface area contributed by atoms with E-state index in [2.05, 4.69) is 10.3 Å². The molecule has 8 heteroatoms. The van der Waals surface area contributed by atoms with Crippen LogP contribution in [-0.2, 0) is 4.57 Å². The average molecular weight is 471 g/mol. The molecule has 166 valence electrons. The Morgan fingerprint density at radius 2 is 1.53 bits per heavy atom. The summed E-state index contributed by atoms with van der Waals surface area (Å²) in [7, 11) is -3.71. The van der Waals surface area contributed by atoms with Gasteiger partial charge in [0.25, 0.3) is 5.91 Å². The van der Waals surface area contributed by atoms with Gasteiger partial charge >= 0.3 is 7.60 Å². The molecule has 1 saturated carbocycles. The summed E-state index contributed by atoms with van der Waals surface area (Å²) in [6.07, 6.45) is 4.52. The van der Waals surface area contributed by atoms with Gasteiger partial charge in [0, 0.05) is 17.3 Å². The first kappa shape index (κ1) is 22.4. The minimum Gasteiger partial charge on any atom is -0.416 e. The number of pyridine rings is 1. The third-order valence-electron chi connectivity index (χ3n) is 5.36. The van der Waals surface area contributed by atoms with Gasteiger partial charge in [-0.1, -0.05) is 60.8 Å².